The van der Waals surface area contributed by atoms with Crippen LogP contribution in [0, 0.1) is 0 Å². The summed E-state index contributed by atoms with van der Waals surface area (Å²) in [5.41, 5.74) is 0. The average molecular weight is 684 g/mol. The van der Waals surface area contributed by atoms with Gasteiger partial charge in [0.1, 0.15) is 23.0 Å². The van der Waals surface area contributed by atoms with Crippen LogP contribution in [0.3, 0.4) is 0 Å². The molecule has 1 heterocycles. The first-order chi connectivity index (χ1) is 21.8. The van der Waals surface area contributed by atoms with Crippen LogP contribution in [0.25, 0.3) is 0 Å². The fourth-order valence-corrected chi connectivity index (χ4v) is 14.4. The Morgan fingerprint density at radius 1 is 0.622 bits per heavy atom. The second-order valence-electron chi connectivity index (χ2n) is 9.69. The van der Waals surface area contributed by atoms with Gasteiger partial charge in [-0.25, -0.2) is 0 Å². The van der Waals surface area contributed by atoms with E-state index in [0.717, 1.165) is 0 Å². The van der Waals surface area contributed by atoms with E-state index in [2.05, 4.69) is 9.72 Å². The van der Waals surface area contributed by atoms with Crippen LogP contribution in [-0.4, -0.2) is 41.2 Å². The Labute approximate surface area is 267 Å². The number of nitrogens with one attached hydrogen (secondary N) is 2. The number of ether oxygens (including phenoxy) is 3. The molecule has 246 valence electrons. The highest BCUT2D eigenvalue weighted by Gasteiger charge is 2.72. The van der Waals surface area contributed by atoms with E-state index < -0.39 is 23.7 Å². The molecule has 0 aliphatic carbocycles. The summed E-state index contributed by atoms with van der Waals surface area (Å²) in [5.74, 6) is 3.29. The predicted octanol–water partition coefficient (Wildman–Crippen LogP) is 9.02. The average Bonchev–Trinajstić information content (AvgIpc) is 3.05. The van der Waals surface area contributed by atoms with Crippen LogP contribution >= 0.6 is 23.7 Å². The second kappa shape index (κ2) is 16.8. The second-order valence-corrected chi connectivity index (χ2v) is 16.5. The summed E-state index contributed by atoms with van der Waals surface area (Å²) in [4.78, 5) is 6.96. The summed E-state index contributed by atoms with van der Waals surface area (Å²) in [5, 5.41) is 0. The third kappa shape index (κ3) is 9.67. The summed E-state index contributed by atoms with van der Waals surface area (Å²) >= 11 is 0. The smallest absolute Gasteiger partial charge is 0.497 e. The number of nitrogens with zero attached hydrogens (tertiary/aromatic N) is 1. The van der Waals surface area contributed by atoms with Crippen LogP contribution in [-0.2, 0) is 13.6 Å². The van der Waals surface area contributed by atoms with E-state index in [1.807, 2.05) is 75.4 Å². The van der Waals surface area contributed by atoms with E-state index in [0.29, 0.717) is 73.6 Å². The van der Waals surface area contributed by atoms with Gasteiger partial charge in [0, 0.05) is 22.7 Å². The Balaban J connectivity index is 1.94. The minimum atomic E-state index is -3.50. The van der Waals surface area contributed by atoms with Gasteiger partial charge in [-0.05, 0) is 60.5 Å². The molecule has 3 aromatic rings. The maximum absolute atomic E-state index is 6.74. The zero-order valence-corrected chi connectivity index (χ0v) is 29.3. The SMILES string of the molecule is CCCOP1(Oc2cccc(OC)c2)=N[P+](OCCC)(Oc2cccc(OC)c2)N[P+](OCCC)(Oc2cccc(OC)c2)N1. The van der Waals surface area contributed by atoms with Gasteiger partial charge >= 0.3 is 23.7 Å². The van der Waals surface area contributed by atoms with Crippen molar-refractivity contribution in [1.82, 2.24) is 9.72 Å². The molecule has 0 fully saturated rings. The van der Waals surface area contributed by atoms with Crippen LogP contribution in [0.5, 0.6) is 34.5 Å². The lowest BCUT2D eigenvalue weighted by molar-refractivity contribution is 0.256. The molecule has 0 spiro atoms. The minimum absolute atomic E-state index is 0.328. The normalized spacial score (nSPS) is 22.6. The molecule has 0 radical (unpaired) electrons. The molecule has 4 rings (SSSR count). The highest BCUT2D eigenvalue weighted by Crippen LogP contribution is 2.81. The van der Waals surface area contributed by atoms with E-state index in [4.69, 9.17) is 45.9 Å². The van der Waals surface area contributed by atoms with E-state index in [9.17, 15) is 0 Å². The molecule has 3 aromatic carbocycles. The van der Waals surface area contributed by atoms with Gasteiger partial charge in [-0.15, -0.1) is 0 Å². The topological polar surface area (TPSA) is 119 Å². The van der Waals surface area contributed by atoms with Crippen molar-refractivity contribution in [2.45, 2.75) is 40.0 Å². The van der Waals surface area contributed by atoms with Crippen LogP contribution in [0.2, 0.25) is 0 Å². The fraction of sp³-hybridized carbons (Fsp3) is 0.400. The lowest BCUT2D eigenvalue weighted by Crippen LogP contribution is -2.39. The van der Waals surface area contributed by atoms with Crippen molar-refractivity contribution >= 4 is 23.7 Å². The predicted molar refractivity (Wildman–Crippen MR) is 179 cm³/mol. The van der Waals surface area contributed by atoms with Gasteiger partial charge in [0.2, 0.25) is 0 Å². The minimum Gasteiger partial charge on any atom is -0.497 e. The molecular formula is C30H44N3O9P3+2. The summed E-state index contributed by atoms with van der Waals surface area (Å²) in [6.45, 7) is 7.03. The molecule has 2 N–H and O–H groups in total. The van der Waals surface area contributed by atoms with Crippen LogP contribution in [0.15, 0.2) is 77.3 Å². The summed E-state index contributed by atoms with van der Waals surface area (Å²) in [7, 11) is -5.62. The molecule has 3 atom stereocenters. The maximum atomic E-state index is 6.74. The Bertz CT molecular complexity index is 1440. The van der Waals surface area contributed by atoms with Crippen LogP contribution < -0.4 is 37.5 Å². The van der Waals surface area contributed by atoms with Gasteiger partial charge in [-0.1, -0.05) is 39.0 Å². The molecule has 12 nitrogen and oxygen atoms in total. The van der Waals surface area contributed by atoms with Crippen molar-refractivity contribution < 1.29 is 41.4 Å². The van der Waals surface area contributed by atoms with Crippen molar-refractivity contribution in [2.75, 3.05) is 41.2 Å². The van der Waals surface area contributed by atoms with Crippen molar-refractivity contribution in [1.29, 1.82) is 0 Å². The quantitative estimate of drug-likeness (QED) is 0.125. The molecule has 15 heteroatoms. The standard InChI is InChI=1S/C30H44N3O9P3/c1-7-19-37-43(40-28-16-10-13-25(22-28)34-4)31-44(38-20-8-2,41-29-17-11-14-26(23-29)35-5)33-45(32-43,39-21-9-3)42-30-18-12-15-27(24-30)36-6/h10-18,22-24,31-32H,7-9,19-21H2,1-6H3/q+2. The van der Waals surface area contributed by atoms with E-state index in [1.54, 1.807) is 39.5 Å². The highest BCUT2D eigenvalue weighted by molar-refractivity contribution is 7.88. The molecule has 0 saturated heterocycles. The Morgan fingerprint density at radius 2 is 1.11 bits per heavy atom. The molecular weight excluding hydrogens is 639 g/mol. The summed E-state index contributed by atoms with van der Waals surface area (Å²) < 4.78 is 61.4. The van der Waals surface area contributed by atoms with Crippen molar-refractivity contribution in [2.24, 2.45) is 4.52 Å². The molecule has 0 amide bonds. The lowest BCUT2D eigenvalue weighted by atomic mass is 10.3. The molecule has 0 saturated carbocycles. The summed E-state index contributed by atoms with van der Waals surface area (Å²) in [6, 6.07) is 21.7. The van der Waals surface area contributed by atoms with Crippen molar-refractivity contribution in [3.05, 3.63) is 72.8 Å². The largest absolute Gasteiger partial charge is 0.571 e. The zero-order valence-electron chi connectivity index (χ0n) is 26.6. The Hall–Kier alpha value is -2.65. The van der Waals surface area contributed by atoms with Gasteiger partial charge in [-0.3, -0.25) is 13.6 Å². The molecule has 0 bridgehead atoms. The van der Waals surface area contributed by atoms with E-state index >= 15 is 0 Å². The lowest BCUT2D eigenvalue weighted by Gasteiger charge is -2.34. The van der Waals surface area contributed by atoms with Crippen LogP contribution in [0.4, 0.5) is 0 Å². The zero-order chi connectivity index (χ0) is 32.2. The van der Waals surface area contributed by atoms with E-state index in [-0.39, 0.29) is 0 Å². The Morgan fingerprint density at radius 3 is 1.67 bits per heavy atom. The van der Waals surface area contributed by atoms with Gasteiger partial charge in [0.25, 0.3) is 0 Å². The first-order valence-corrected chi connectivity index (χ1v) is 19.6. The third-order valence-electron chi connectivity index (χ3n) is 5.99. The van der Waals surface area contributed by atoms with E-state index in [1.165, 1.54) is 0 Å². The number of methoxy groups -OCH3 is 3. The van der Waals surface area contributed by atoms with Gasteiger partial charge in [0.15, 0.2) is 11.5 Å². The third-order valence-corrected chi connectivity index (χ3v) is 15.0. The van der Waals surface area contributed by atoms with Crippen molar-refractivity contribution in [3.8, 4) is 34.5 Å². The van der Waals surface area contributed by atoms with Gasteiger partial charge in [0.05, 0.1) is 46.0 Å². The number of hydrogen-bond acceptors (Lipinski definition) is 12. The molecule has 1 aliphatic rings. The molecule has 3 unspecified atom stereocenters. The van der Waals surface area contributed by atoms with Gasteiger partial charge < -0.3 is 18.7 Å². The monoisotopic (exact) mass is 683 g/mol. The highest BCUT2D eigenvalue weighted by atomic mass is 31.3. The Kier molecular flexibility index (Phi) is 13.1. The molecule has 0 aromatic heterocycles. The molecule has 1 aliphatic heterocycles. The summed E-state index contributed by atoms with van der Waals surface area (Å²) in [6.07, 6.45) is 2.10. The fourth-order valence-electron chi connectivity index (χ4n) is 3.97. The van der Waals surface area contributed by atoms with Crippen molar-refractivity contribution in [3.63, 3.8) is 0 Å². The number of rotatable bonds is 18. The maximum Gasteiger partial charge on any atom is 0.571 e. The first kappa shape index (κ1) is 35.2. The number of benzene rings is 3. The molecule has 45 heavy (non-hydrogen) atoms. The van der Waals surface area contributed by atoms with Gasteiger partial charge in [-0.2, -0.15) is 9.05 Å². The first-order valence-electron chi connectivity index (χ1n) is 14.8. The van der Waals surface area contributed by atoms with Crippen LogP contribution in [0.1, 0.15) is 40.0 Å². The number of hydrogen-bond donors (Lipinski definition) is 2.